The van der Waals surface area contributed by atoms with Crippen LogP contribution in [0.2, 0.25) is 0 Å². The van der Waals surface area contributed by atoms with E-state index in [1.165, 1.54) is 17.7 Å². The first-order valence-electron chi connectivity index (χ1n) is 11.3. The van der Waals surface area contributed by atoms with Crippen LogP contribution < -0.4 is 0 Å². The van der Waals surface area contributed by atoms with Gasteiger partial charge in [0.05, 0.1) is 12.8 Å². The van der Waals surface area contributed by atoms with Crippen molar-refractivity contribution in [1.82, 2.24) is 9.88 Å². The molecule has 1 aromatic carbocycles. The summed E-state index contributed by atoms with van der Waals surface area (Å²) < 4.78 is 13.0. The quantitative estimate of drug-likeness (QED) is 0.303. The number of carboxylic acid groups (broad SMARTS) is 3. The first kappa shape index (κ1) is 28.8. The van der Waals surface area contributed by atoms with Gasteiger partial charge in [-0.05, 0) is 55.1 Å². The standard InChI is InChI=1S/C19H23FN2O.C6H8O7/c20-18-5-3-16(4-6-18)7-8-19(15-23)9-11-22(14-19)13-17-2-1-10-21-12-17;7-3(8)1-6(13,5(11)12)2-4(9)10/h1-6,10,12,23H,7-9,11,13-15H2;13H,1-2H2,(H,7,8)(H,9,10)(H,11,12)/t19-;/m1./s1. The third-order valence-electron chi connectivity index (χ3n) is 6.12. The Kier molecular flexibility index (Phi) is 10.5. The topological polar surface area (TPSA) is 168 Å². The summed E-state index contributed by atoms with van der Waals surface area (Å²) in [6, 6.07) is 10.7. The van der Waals surface area contributed by atoms with Crippen LogP contribution >= 0.6 is 0 Å². The predicted octanol–water partition coefficient (Wildman–Crippen LogP) is 1.79. The number of hydrogen-bond donors (Lipinski definition) is 5. The molecule has 1 atom stereocenters. The van der Waals surface area contributed by atoms with Crippen LogP contribution in [-0.2, 0) is 27.3 Å². The molecule has 0 radical (unpaired) electrons. The lowest BCUT2D eigenvalue weighted by Crippen LogP contribution is -2.42. The van der Waals surface area contributed by atoms with Crippen LogP contribution in [0.25, 0.3) is 0 Å². The molecular weight excluding hydrogens is 475 g/mol. The fourth-order valence-corrected chi connectivity index (χ4v) is 4.10. The number of aromatic nitrogens is 1. The van der Waals surface area contributed by atoms with E-state index in [1.54, 1.807) is 6.20 Å². The number of aliphatic carboxylic acids is 3. The van der Waals surface area contributed by atoms with Gasteiger partial charge in [0.1, 0.15) is 5.82 Å². The number of halogens is 1. The van der Waals surface area contributed by atoms with Gasteiger partial charge in [-0.1, -0.05) is 18.2 Å². The minimum atomic E-state index is -2.74. The van der Waals surface area contributed by atoms with E-state index in [9.17, 15) is 23.9 Å². The zero-order chi connectivity index (χ0) is 26.8. The molecule has 1 aliphatic heterocycles. The highest BCUT2D eigenvalue weighted by atomic mass is 19.1. The summed E-state index contributed by atoms with van der Waals surface area (Å²) in [6.45, 7) is 2.99. The summed E-state index contributed by atoms with van der Waals surface area (Å²) in [7, 11) is 0. The summed E-state index contributed by atoms with van der Waals surface area (Å²) >= 11 is 0. The molecule has 36 heavy (non-hydrogen) atoms. The van der Waals surface area contributed by atoms with Gasteiger partial charge in [0, 0.05) is 37.5 Å². The smallest absolute Gasteiger partial charge is 0.336 e. The van der Waals surface area contributed by atoms with Gasteiger partial charge < -0.3 is 25.5 Å². The van der Waals surface area contributed by atoms with Gasteiger partial charge in [-0.3, -0.25) is 19.5 Å². The van der Waals surface area contributed by atoms with Crippen LogP contribution in [0.3, 0.4) is 0 Å². The Labute approximate surface area is 207 Å². The third-order valence-corrected chi connectivity index (χ3v) is 6.12. The molecule has 1 aromatic heterocycles. The van der Waals surface area contributed by atoms with Crippen molar-refractivity contribution in [2.75, 3.05) is 19.7 Å². The molecule has 0 unspecified atom stereocenters. The molecule has 5 N–H and O–H groups in total. The van der Waals surface area contributed by atoms with E-state index >= 15 is 0 Å². The highest BCUT2D eigenvalue weighted by Crippen LogP contribution is 2.35. The molecule has 0 bridgehead atoms. The molecule has 0 spiro atoms. The summed E-state index contributed by atoms with van der Waals surface area (Å²) in [4.78, 5) is 37.0. The first-order valence-corrected chi connectivity index (χ1v) is 11.3. The van der Waals surface area contributed by atoms with Crippen molar-refractivity contribution in [2.24, 2.45) is 5.41 Å². The van der Waals surface area contributed by atoms with Crippen molar-refractivity contribution in [1.29, 1.82) is 0 Å². The molecule has 1 fully saturated rings. The maximum absolute atomic E-state index is 13.0. The Morgan fingerprint density at radius 3 is 2.17 bits per heavy atom. The number of nitrogens with zero attached hydrogens (tertiary/aromatic N) is 2. The zero-order valence-corrected chi connectivity index (χ0v) is 19.7. The second-order valence-electron chi connectivity index (χ2n) is 9.08. The lowest BCUT2D eigenvalue weighted by atomic mass is 9.82. The summed E-state index contributed by atoms with van der Waals surface area (Å²) in [5, 5.41) is 43.7. The lowest BCUT2D eigenvalue weighted by molar-refractivity contribution is -0.170. The fourth-order valence-electron chi connectivity index (χ4n) is 4.10. The van der Waals surface area contributed by atoms with Crippen molar-refractivity contribution in [2.45, 2.75) is 44.2 Å². The fraction of sp³-hybridized carbons (Fsp3) is 0.440. The van der Waals surface area contributed by atoms with Crippen LogP contribution in [0.1, 0.15) is 36.8 Å². The molecule has 0 aliphatic carbocycles. The van der Waals surface area contributed by atoms with Gasteiger partial charge in [0.25, 0.3) is 0 Å². The van der Waals surface area contributed by atoms with Gasteiger partial charge in [-0.15, -0.1) is 0 Å². The number of aryl methyl sites for hydroxylation is 1. The van der Waals surface area contributed by atoms with Crippen LogP contribution in [0.5, 0.6) is 0 Å². The van der Waals surface area contributed by atoms with Gasteiger partial charge in [0.15, 0.2) is 5.60 Å². The summed E-state index contributed by atoms with van der Waals surface area (Å²) in [6.07, 6.45) is 4.21. The van der Waals surface area contributed by atoms with Crippen molar-refractivity contribution in [3.05, 3.63) is 65.7 Å². The summed E-state index contributed by atoms with van der Waals surface area (Å²) in [5.41, 5.74) is -0.446. The van der Waals surface area contributed by atoms with E-state index in [4.69, 9.17) is 20.4 Å². The lowest BCUT2D eigenvalue weighted by Gasteiger charge is -2.27. The number of rotatable bonds is 11. The Morgan fingerprint density at radius 2 is 1.67 bits per heavy atom. The normalized spacial score (nSPS) is 17.8. The van der Waals surface area contributed by atoms with Crippen LogP contribution in [0.15, 0.2) is 48.8 Å². The van der Waals surface area contributed by atoms with E-state index in [0.717, 1.165) is 44.5 Å². The number of benzene rings is 1. The number of pyridine rings is 1. The second kappa shape index (κ2) is 13.1. The Morgan fingerprint density at radius 1 is 1.03 bits per heavy atom. The highest BCUT2D eigenvalue weighted by Gasteiger charge is 2.41. The zero-order valence-electron chi connectivity index (χ0n) is 19.7. The van der Waals surface area contributed by atoms with Crippen molar-refractivity contribution < 1.29 is 44.3 Å². The molecule has 2 aromatic rings. The number of aliphatic hydroxyl groups excluding tert-OH is 1. The van der Waals surface area contributed by atoms with E-state index in [2.05, 4.69) is 16.0 Å². The SMILES string of the molecule is O=C(O)CC(O)(CC(=O)O)C(=O)O.OC[C@]1(CCc2ccc(F)cc2)CCN(Cc2cccnc2)C1. The number of carboxylic acids is 3. The molecule has 1 saturated heterocycles. The average molecular weight is 507 g/mol. The molecule has 196 valence electrons. The van der Waals surface area contributed by atoms with Crippen molar-refractivity contribution >= 4 is 17.9 Å². The van der Waals surface area contributed by atoms with E-state index < -0.39 is 36.4 Å². The van der Waals surface area contributed by atoms with E-state index in [1.807, 2.05) is 24.4 Å². The van der Waals surface area contributed by atoms with Gasteiger partial charge in [-0.25, -0.2) is 9.18 Å². The monoisotopic (exact) mass is 506 g/mol. The summed E-state index contributed by atoms with van der Waals surface area (Å²) in [5.74, 6) is -5.22. The maximum Gasteiger partial charge on any atom is 0.336 e. The molecule has 0 saturated carbocycles. The maximum atomic E-state index is 13.0. The van der Waals surface area contributed by atoms with Crippen molar-refractivity contribution in [3.63, 3.8) is 0 Å². The van der Waals surface area contributed by atoms with Gasteiger partial charge in [0.2, 0.25) is 0 Å². The van der Waals surface area contributed by atoms with E-state index in [-0.39, 0.29) is 17.8 Å². The van der Waals surface area contributed by atoms with Crippen molar-refractivity contribution in [3.8, 4) is 0 Å². The second-order valence-corrected chi connectivity index (χ2v) is 9.08. The predicted molar refractivity (Wildman–Crippen MR) is 125 cm³/mol. The Hall–Kier alpha value is -3.41. The Balaban J connectivity index is 0.000000302. The van der Waals surface area contributed by atoms with Gasteiger partial charge >= 0.3 is 17.9 Å². The largest absolute Gasteiger partial charge is 0.481 e. The highest BCUT2D eigenvalue weighted by molar-refractivity contribution is 5.88. The van der Waals surface area contributed by atoms with E-state index in [0.29, 0.717) is 0 Å². The van der Waals surface area contributed by atoms with Gasteiger partial charge in [-0.2, -0.15) is 0 Å². The molecule has 3 rings (SSSR count). The third kappa shape index (κ3) is 8.99. The van der Waals surface area contributed by atoms with Crippen LogP contribution in [0, 0.1) is 11.2 Å². The molecular formula is C25H31FN2O8. The number of hydrogen-bond acceptors (Lipinski definition) is 7. The molecule has 0 amide bonds. The minimum absolute atomic E-state index is 0.0450. The van der Waals surface area contributed by atoms with Crippen LogP contribution in [0.4, 0.5) is 4.39 Å². The number of likely N-dealkylation sites (tertiary alicyclic amines) is 1. The molecule has 2 heterocycles. The number of aliphatic hydroxyl groups is 2. The average Bonchev–Trinajstić information content (AvgIpc) is 3.22. The Bertz CT molecular complexity index is 1000. The molecule has 11 heteroatoms. The molecule has 10 nitrogen and oxygen atoms in total. The minimum Gasteiger partial charge on any atom is -0.481 e. The van der Waals surface area contributed by atoms with Crippen LogP contribution in [-0.4, -0.2) is 78.6 Å². The first-order chi connectivity index (χ1) is 17.0. The molecule has 1 aliphatic rings. The number of carbonyl (C=O) groups is 3.